The third-order valence-electron chi connectivity index (χ3n) is 2.73. The van der Waals surface area contributed by atoms with E-state index in [1.165, 1.54) is 10.6 Å². The van der Waals surface area contributed by atoms with Crippen LogP contribution in [0.1, 0.15) is 18.3 Å². The van der Waals surface area contributed by atoms with Crippen LogP contribution in [-0.4, -0.2) is 19.3 Å². The average Bonchev–Trinajstić information content (AvgIpc) is 2.70. The Bertz CT molecular complexity index is 746. The molecular weight excluding hydrogens is 329 g/mol. The number of H-pyrrole nitrogens is 1. The molecule has 0 aromatic carbocycles. The fourth-order valence-electron chi connectivity index (χ4n) is 1.76. The fourth-order valence-corrected chi connectivity index (χ4v) is 2.31. The SMILES string of the molecule is CCn1c(=O)cc(Cn2nc(C(F)(F)F)cc2Cl)[nH]c1=S. The van der Waals surface area contributed by atoms with E-state index in [1.54, 1.807) is 6.92 Å². The van der Waals surface area contributed by atoms with Gasteiger partial charge >= 0.3 is 6.18 Å². The Morgan fingerprint density at radius 1 is 1.43 bits per heavy atom. The first-order valence-electron chi connectivity index (χ1n) is 5.86. The van der Waals surface area contributed by atoms with Gasteiger partial charge in [0.25, 0.3) is 5.56 Å². The maximum Gasteiger partial charge on any atom is 0.435 e. The molecule has 0 aliphatic rings. The molecule has 114 valence electrons. The van der Waals surface area contributed by atoms with Crippen LogP contribution < -0.4 is 5.56 Å². The lowest BCUT2D eigenvalue weighted by Crippen LogP contribution is -2.22. The topological polar surface area (TPSA) is 55.6 Å². The molecule has 1 N–H and O–H groups in total. The number of hydrogen-bond donors (Lipinski definition) is 1. The van der Waals surface area contributed by atoms with Crippen molar-refractivity contribution in [3.63, 3.8) is 0 Å². The largest absolute Gasteiger partial charge is 0.435 e. The molecule has 5 nitrogen and oxygen atoms in total. The average molecular weight is 339 g/mol. The van der Waals surface area contributed by atoms with Crippen LogP contribution in [0.5, 0.6) is 0 Å². The molecule has 10 heteroatoms. The zero-order valence-corrected chi connectivity index (χ0v) is 12.3. The van der Waals surface area contributed by atoms with Crippen molar-refractivity contribution >= 4 is 23.8 Å². The van der Waals surface area contributed by atoms with Gasteiger partial charge in [0.1, 0.15) is 5.15 Å². The summed E-state index contributed by atoms with van der Waals surface area (Å²) in [6.45, 7) is 2.04. The summed E-state index contributed by atoms with van der Waals surface area (Å²) >= 11 is 10.7. The first kappa shape index (κ1) is 15.8. The molecule has 0 bridgehead atoms. The number of alkyl halides is 3. The predicted molar refractivity (Wildman–Crippen MR) is 72.9 cm³/mol. The van der Waals surface area contributed by atoms with Crippen LogP contribution in [0.25, 0.3) is 0 Å². The van der Waals surface area contributed by atoms with Gasteiger partial charge < -0.3 is 4.98 Å². The molecule has 0 saturated heterocycles. The second-order valence-corrected chi connectivity index (χ2v) is 4.96. The van der Waals surface area contributed by atoms with E-state index in [-0.39, 0.29) is 22.0 Å². The highest BCUT2D eigenvalue weighted by atomic mass is 35.5. The van der Waals surface area contributed by atoms with Crippen molar-refractivity contribution in [1.29, 1.82) is 0 Å². The van der Waals surface area contributed by atoms with Crippen LogP contribution in [0.15, 0.2) is 16.9 Å². The minimum Gasteiger partial charge on any atom is -0.334 e. The summed E-state index contributed by atoms with van der Waals surface area (Å²) in [5.41, 5.74) is -1.10. The van der Waals surface area contributed by atoms with Gasteiger partial charge in [-0.05, 0) is 19.1 Å². The third-order valence-corrected chi connectivity index (χ3v) is 3.36. The molecule has 21 heavy (non-hydrogen) atoms. The molecule has 0 aliphatic heterocycles. The summed E-state index contributed by atoms with van der Waals surface area (Å²) in [5.74, 6) is 0. The molecule has 0 aliphatic carbocycles. The van der Waals surface area contributed by atoms with Gasteiger partial charge in [-0.2, -0.15) is 18.3 Å². The normalized spacial score (nSPS) is 11.9. The van der Waals surface area contributed by atoms with E-state index in [0.717, 1.165) is 10.7 Å². The molecule has 2 aromatic heterocycles. The van der Waals surface area contributed by atoms with E-state index in [1.807, 2.05) is 0 Å². The Morgan fingerprint density at radius 3 is 2.57 bits per heavy atom. The Hall–Kier alpha value is -1.61. The molecule has 0 saturated carbocycles. The lowest BCUT2D eigenvalue weighted by atomic mass is 10.4. The lowest BCUT2D eigenvalue weighted by molar-refractivity contribution is -0.141. The van der Waals surface area contributed by atoms with Gasteiger partial charge in [0.05, 0.1) is 6.54 Å². The number of nitrogens with zero attached hydrogens (tertiary/aromatic N) is 3. The number of halogens is 4. The third kappa shape index (κ3) is 3.35. The monoisotopic (exact) mass is 338 g/mol. The van der Waals surface area contributed by atoms with Crippen LogP contribution in [0.4, 0.5) is 13.2 Å². The van der Waals surface area contributed by atoms with Gasteiger partial charge in [-0.1, -0.05) is 11.6 Å². The van der Waals surface area contributed by atoms with E-state index in [2.05, 4.69) is 10.1 Å². The van der Waals surface area contributed by atoms with Crippen LogP contribution in [0, 0.1) is 4.77 Å². The highest BCUT2D eigenvalue weighted by molar-refractivity contribution is 7.71. The Balaban J connectivity index is 2.37. The van der Waals surface area contributed by atoms with Crippen LogP contribution in [0.2, 0.25) is 5.15 Å². The summed E-state index contributed by atoms with van der Waals surface area (Å²) in [4.78, 5) is 14.5. The van der Waals surface area contributed by atoms with Gasteiger partial charge in [0, 0.05) is 24.4 Å². The molecule has 0 unspecified atom stereocenters. The molecule has 0 fully saturated rings. The van der Waals surface area contributed by atoms with Crippen molar-refractivity contribution < 1.29 is 13.2 Å². The molecule has 0 spiro atoms. The lowest BCUT2D eigenvalue weighted by Gasteiger charge is -2.07. The molecule has 0 amide bonds. The zero-order valence-electron chi connectivity index (χ0n) is 10.7. The van der Waals surface area contributed by atoms with E-state index in [9.17, 15) is 18.0 Å². The molecule has 2 rings (SSSR count). The van der Waals surface area contributed by atoms with Crippen molar-refractivity contribution in [2.45, 2.75) is 26.2 Å². The first-order chi connectivity index (χ1) is 9.72. The van der Waals surface area contributed by atoms with Crippen molar-refractivity contribution in [2.24, 2.45) is 0 Å². The number of rotatable bonds is 3. The summed E-state index contributed by atoms with van der Waals surface area (Å²) in [6, 6.07) is 1.98. The van der Waals surface area contributed by atoms with E-state index >= 15 is 0 Å². The first-order valence-corrected chi connectivity index (χ1v) is 6.64. The summed E-state index contributed by atoms with van der Waals surface area (Å²) in [6.07, 6.45) is -4.58. The second kappa shape index (κ2) is 5.64. The van der Waals surface area contributed by atoms with Crippen molar-refractivity contribution in [1.82, 2.24) is 19.3 Å². The fraction of sp³-hybridized carbons (Fsp3) is 0.364. The van der Waals surface area contributed by atoms with E-state index in [0.29, 0.717) is 12.2 Å². The Kier molecular flexibility index (Phi) is 4.24. The molecular formula is C11H10ClF3N4OS. The van der Waals surface area contributed by atoms with E-state index < -0.39 is 11.9 Å². The highest BCUT2D eigenvalue weighted by Crippen LogP contribution is 2.29. The number of nitrogens with one attached hydrogen (secondary N) is 1. The van der Waals surface area contributed by atoms with Gasteiger partial charge in [-0.25, -0.2) is 4.68 Å². The molecule has 2 aromatic rings. The maximum atomic E-state index is 12.5. The quantitative estimate of drug-likeness (QED) is 0.876. The van der Waals surface area contributed by atoms with Crippen LogP contribution in [-0.2, 0) is 19.3 Å². The second-order valence-electron chi connectivity index (χ2n) is 4.19. The van der Waals surface area contributed by atoms with Crippen molar-refractivity contribution in [2.75, 3.05) is 0 Å². The smallest absolute Gasteiger partial charge is 0.334 e. The van der Waals surface area contributed by atoms with Crippen LogP contribution in [0.3, 0.4) is 0 Å². The number of aromatic nitrogens is 4. The summed E-state index contributed by atoms with van der Waals surface area (Å²) in [7, 11) is 0. The number of hydrogen-bond acceptors (Lipinski definition) is 3. The van der Waals surface area contributed by atoms with Gasteiger partial charge in [-0.15, -0.1) is 0 Å². The Morgan fingerprint density at radius 2 is 2.10 bits per heavy atom. The molecule has 0 atom stereocenters. The van der Waals surface area contributed by atoms with Crippen LogP contribution >= 0.6 is 23.8 Å². The Labute approximate surface area is 127 Å². The summed E-state index contributed by atoms with van der Waals surface area (Å²) in [5, 5.41) is 3.20. The number of aromatic amines is 1. The minimum absolute atomic E-state index is 0.113. The maximum absolute atomic E-state index is 12.5. The zero-order chi connectivity index (χ0) is 15.8. The van der Waals surface area contributed by atoms with Crippen molar-refractivity contribution in [3.05, 3.63) is 43.8 Å². The van der Waals surface area contributed by atoms with Crippen molar-refractivity contribution in [3.8, 4) is 0 Å². The highest BCUT2D eigenvalue weighted by Gasteiger charge is 2.34. The molecule has 0 radical (unpaired) electrons. The standard InChI is InChI=1S/C11H10ClF3N4OS/c1-2-18-9(20)3-6(16-10(18)21)5-19-8(12)4-7(17-19)11(13,14)15/h3-4H,2,5H2,1H3,(H,16,21). The van der Waals surface area contributed by atoms with Gasteiger partial charge in [0.2, 0.25) is 0 Å². The summed E-state index contributed by atoms with van der Waals surface area (Å²) < 4.78 is 40.1. The molecule has 2 heterocycles. The van der Waals surface area contributed by atoms with Gasteiger partial charge in [0.15, 0.2) is 10.5 Å². The predicted octanol–water partition coefficient (Wildman–Crippen LogP) is 2.84. The minimum atomic E-state index is -4.58. The van der Waals surface area contributed by atoms with E-state index in [4.69, 9.17) is 23.8 Å². The van der Waals surface area contributed by atoms with Gasteiger partial charge in [-0.3, -0.25) is 9.36 Å².